The zero-order valence-corrected chi connectivity index (χ0v) is 5.86. The SMILES string of the molecule is [CH]1=[In][CH2]C1. The van der Waals surface area contributed by atoms with Crippen LogP contribution in [-0.4, -0.2) is 26.2 Å². The zero-order valence-electron chi connectivity index (χ0n) is 2.57. The summed E-state index contributed by atoms with van der Waals surface area (Å²) in [5.41, 5.74) is 0. The molecule has 0 aromatic heterocycles. The molecule has 0 aromatic carbocycles. The molecule has 1 heterocycles. The third-order valence-corrected chi connectivity index (χ3v) is 4.47. The van der Waals surface area contributed by atoms with E-state index in [9.17, 15) is 0 Å². The Morgan fingerprint density at radius 1 is 1.75 bits per heavy atom. The molecule has 0 saturated heterocycles. The van der Waals surface area contributed by atoms with Gasteiger partial charge >= 0.3 is 36.8 Å². The van der Waals surface area contributed by atoms with Gasteiger partial charge in [-0.2, -0.15) is 0 Å². The van der Waals surface area contributed by atoms with Crippen molar-refractivity contribution < 1.29 is 0 Å². The Bertz CT molecular complexity index is 32.5. The van der Waals surface area contributed by atoms with Crippen LogP contribution in [0.25, 0.3) is 0 Å². The Balaban J connectivity index is 2.47. The summed E-state index contributed by atoms with van der Waals surface area (Å²) in [5, 5.41) is 0. The van der Waals surface area contributed by atoms with Crippen molar-refractivity contribution in [1.82, 2.24) is 0 Å². The predicted octanol–water partition coefficient (Wildman–Crippen LogP) is 0.315. The quantitative estimate of drug-likeness (QED) is 0.473. The molecule has 0 amide bonds. The van der Waals surface area contributed by atoms with Gasteiger partial charge in [0.15, 0.2) is 0 Å². The molecule has 20 valence electrons. The van der Waals surface area contributed by atoms with Crippen molar-refractivity contribution in [3.05, 3.63) is 0 Å². The van der Waals surface area contributed by atoms with Crippen LogP contribution < -0.4 is 0 Å². The molecule has 0 aliphatic carbocycles. The first-order valence-corrected chi connectivity index (χ1v) is 5.88. The molecule has 0 saturated carbocycles. The fourth-order valence-electron chi connectivity index (χ4n) is 0.167. The third-order valence-electron chi connectivity index (χ3n) is 0.667. The van der Waals surface area contributed by atoms with Crippen LogP contribution in [0.5, 0.6) is 0 Å². The van der Waals surface area contributed by atoms with E-state index in [2.05, 4.69) is 3.76 Å². The molecule has 0 spiro atoms. The van der Waals surface area contributed by atoms with E-state index in [0.717, 1.165) is 0 Å². The van der Waals surface area contributed by atoms with Crippen molar-refractivity contribution in [2.24, 2.45) is 0 Å². The van der Waals surface area contributed by atoms with E-state index in [1.54, 1.807) is 4.18 Å². The molecule has 0 aromatic rings. The van der Waals surface area contributed by atoms with Crippen LogP contribution in [0.2, 0.25) is 4.18 Å². The van der Waals surface area contributed by atoms with Crippen LogP contribution >= 0.6 is 0 Å². The standard InChI is InChI=1S/C3H5.In/c1-3-2;/h1H,2-3H2;. The maximum absolute atomic E-state index is 2.50. The Morgan fingerprint density at radius 3 is 2.00 bits per heavy atom. The summed E-state index contributed by atoms with van der Waals surface area (Å²) in [6.45, 7) is 0. The second kappa shape index (κ2) is 1.25. The first kappa shape index (κ1) is 2.95. The molecule has 0 radical (unpaired) electrons. The Hall–Kier alpha value is 0.740. The molecular weight excluding hydrogens is 151 g/mol. The third kappa shape index (κ3) is 0.369. The second-order valence-corrected chi connectivity index (χ2v) is 5.39. The monoisotopic (exact) mass is 156 g/mol. The summed E-state index contributed by atoms with van der Waals surface area (Å²) in [7, 11) is 0. The van der Waals surface area contributed by atoms with E-state index in [1.165, 1.54) is 6.42 Å². The van der Waals surface area contributed by atoms with Gasteiger partial charge in [0.2, 0.25) is 0 Å². The van der Waals surface area contributed by atoms with E-state index >= 15 is 0 Å². The number of hydrogen-bond acceptors (Lipinski definition) is 0. The van der Waals surface area contributed by atoms with Crippen LogP contribution in [0.3, 0.4) is 0 Å². The molecule has 0 fully saturated rings. The van der Waals surface area contributed by atoms with Gasteiger partial charge in [-0.05, 0) is 0 Å². The molecule has 0 bridgehead atoms. The van der Waals surface area contributed by atoms with Crippen LogP contribution in [0.1, 0.15) is 6.42 Å². The van der Waals surface area contributed by atoms with Gasteiger partial charge in [0.25, 0.3) is 0 Å². The Labute approximate surface area is 37.0 Å². The van der Waals surface area contributed by atoms with Crippen molar-refractivity contribution >= 4 is 26.2 Å². The summed E-state index contributed by atoms with van der Waals surface area (Å²) in [4.78, 5) is 0. The predicted molar refractivity (Wildman–Crippen MR) is 21.2 cm³/mol. The van der Waals surface area contributed by atoms with E-state index in [1.807, 2.05) is 0 Å². The minimum atomic E-state index is 0.151. The summed E-state index contributed by atoms with van der Waals surface area (Å²) >= 11 is 0.151. The summed E-state index contributed by atoms with van der Waals surface area (Å²) in [6.07, 6.45) is 1.46. The molecule has 1 aliphatic heterocycles. The molecule has 0 unspecified atom stereocenters. The van der Waals surface area contributed by atoms with Gasteiger partial charge in [-0.3, -0.25) is 0 Å². The van der Waals surface area contributed by atoms with E-state index in [0.29, 0.717) is 0 Å². The van der Waals surface area contributed by atoms with Crippen molar-refractivity contribution in [1.29, 1.82) is 0 Å². The molecule has 4 heavy (non-hydrogen) atoms. The molecule has 1 rings (SSSR count). The normalized spacial score (nSPS) is 18.0. The fourth-order valence-corrected chi connectivity index (χ4v) is 1.12. The number of hydrogen-bond donors (Lipinski definition) is 0. The minimum absolute atomic E-state index is 0.151. The maximum atomic E-state index is 2.50. The topological polar surface area (TPSA) is 0 Å². The first-order valence-electron chi connectivity index (χ1n) is 1.65. The van der Waals surface area contributed by atoms with E-state index in [4.69, 9.17) is 0 Å². The summed E-state index contributed by atoms with van der Waals surface area (Å²) in [5.74, 6) is 0. The van der Waals surface area contributed by atoms with Gasteiger partial charge in [0.05, 0.1) is 0 Å². The van der Waals surface area contributed by atoms with E-state index in [-0.39, 0.29) is 22.4 Å². The van der Waals surface area contributed by atoms with Gasteiger partial charge < -0.3 is 0 Å². The Kier molecular flexibility index (Phi) is 0.922. The van der Waals surface area contributed by atoms with Gasteiger partial charge in [0, 0.05) is 0 Å². The van der Waals surface area contributed by atoms with Crippen molar-refractivity contribution in [3.63, 3.8) is 0 Å². The first-order chi connectivity index (χ1) is 2.00. The summed E-state index contributed by atoms with van der Waals surface area (Å²) < 4.78 is 4.13. The summed E-state index contributed by atoms with van der Waals surface area (Å²) in [6, 6.07) is 0. The van der Waals surface area contributed by atoms with Crippen molar-refractivity contribution in [2.75, 3.05) is 0 Å². The molecular formula is C3H5In. The molecule has 0 atom stereocenters. The van der Waals surface area contributed by atoms with Crippen LogP contribution in [-0.2, 0) is 0 Å². The van der Waals surface area contributed by atoms with Gasteiger partial charge in [-0.25, -0.2) is 0 Å². The molecule has 1 heteroatoms. The Morgan fingerprint density at radius 2 is 2.00 bits per heavy atom. The molecule has 0 nitrogen and oxygen atoms in total. The van der Waals surface area contributed by atoms with E-state index < -0.39 is 0 Å². The van der Waals surface area contributed by atoms with Crippen LogP contribution in [0.15, 0.2) is 0 Å². The fraction of sp³-hybridized carbons (Fsp3) is 0.667. The molecule has 0 N–H and O–H groups in total. The van der Waals surface area contributed by atoms with Gasteiger partial charge in [0.1, 0.15) is 0 Å². The average molecular weight is 156 g/mol. The van der Waals surface area contributed by atoms with Crippen molar-refractivity contribution in [3.8, 4) is 0 Å². The molecule has 1 aliphatic rings. The van der Waals surface area contributed by atoms with Gasteiger partial charge in [-0.1, -0.05) is 0 Å². The zero-order chi connectivity index (χ0) is 2.83. The average Bonchev–Trinajstić information content (AvgIpc) is 0.722. The van der Waals surface area contributed by atoms with Crippen molar-refractivity contribution in [2.45, 2.75) is 10.6 Å². The van der Waals surface area contributed by atoms with Crippen LogP contribution in [0.4, 0.5) is 0 Å². The van der Waals surface area contributed by atoms with Gasteiger partial charge in [-0.15, -0.1) is 0 Å². The number of rotatable bonds is 0. The van der Waals surface area contributed by atoms with Crippen LogP contribution in [0, 0.1) is 0 Å². The second-order valence-electron chi connectivity index (χ2n) is 1.05.